The van der Waals surface area contributed by atoms with E-state index >= 15 is 0 Å². The molecule has 2 aromatic carbocycles. The van der Waals surface area contributed by atoms with E-state index < -0.39 is 0 Å². The van der Waals surface area contributed by atoms with Gasteiger partial charge < -0.3 is 10.2 Å². The van der Waals surface area contributed by atoms with Crippen molar-refractivity contribution in [2.75, 3.05) is 0 Å². The second kappa shape index (κ2) is 37.9. The summed E-state index contributed by atoms with van der Waals surface area (Å²) in [4.78, 5) is 0. The largest absolute Gasteiger partial charge is 2.00 e. The van der Waals surface area contributed by atoms with E-state index in [1.54, 1.807) is 12.1 Å². The van der Waals surface area contributed by atoms with Crippen LogP contribution in [0.1, 0.15) is 254 Å². The molecule has 3 heteroatoms. The molecule has 0 aliphatic carbocycles. The third kappa shape index (κ3) is 28.7. The van der Waals surface area contributed by atoms with Gasteiger partial charge in [0.15, 0.2) is 0 Å². The van der Waals surface area contributed by atoms with E-state index in [4.69, 9.17) is 0 Å². The maximum atomic E-state index is 12.7. The fourth-order valence-electron chi connectivity index (χ4n) is 8.17. The minimum absolute atomic E-state index is 0. The molecule has 54 heavy (non-hydrogen) atoms. The van der Waals surface area contributed by atoms with E-state index in [-0.39, 0.29) is 49.2 Å². The molecule has 0 aliphatic heterocycles. The van der Waals surface area contributed by atoms with Crippen molar-refractivity contribution >= 4 is 37.7 Å². The Morgan fingerprint density at radius 1 is 0.315 bits per heavy atom. The van der Waals surface area contributed by atoms with Crippen molar-refractivity contribution in [3.05, 3.63) is 58.7 Å². The number of hydrogen-bond acceptors (Lipinski definition) is 2. The molecule has 0 saturated carbocycles. The Labute approximate surface area is 366 Å². The van der Waals surface area contributed by atoms with Crippen molar-refractivity contribution in [3.63, 3.8) is 0 Å². The first-order valence-electron chi connectivity index (χ1n) is 23.7. The summed E-state index contributed by atoms with van der Waals surface area (Å²) in [6.07, 6.45) is 49.6. The zero-order valence-corrected chi connectivity index (χ0v) is 38.4. The fourth-order valence-corrected chi connectivity index (χ4v) is 8.17. The van der Waals surface area contributed by atoms with E-state index in [9.17, 15) is 10.2 Å². The molecule has 0 radical (unpaired) electrons. The van der Waals surface area contributed by atoms with E-state index in [0.29, 0.717) is 6.42 Å². The van der Waals surface area contributed by atoms with Crippen molar-refractivity contribution in [1.29, 1.82) is 0 Å². The Morgan fingerprint density at radius 3 is 0.778 bits per heavy atom. The van der Waals surface area contributed by atoms with Gasteiger partial charge in [-0.1, -0.05) is 267 Å². The van der Waals surface area contributed by atoms with Gasteiger partial charge in [0.05, 0.1) is 0 Å². The fraction of sp³-hybridized carbons (Fsp3) is 0.765. The van der Waals surface area contributed by atoms with E-state index in [2.05, 4.69) is 26.0 Å². The summed E-state index contributed by atoms with van der Waals surface area (Å²) in [6.45, 7) is 4.59. The molecule has 0 aliphatic rings. The van der Waals surface area contributed by atoms with Crippen LogP contribution in [0.2, 0.25) is 0 Å². The second-order valence-electron chi connectivity index (χ2n) is 16.9. The third-order valence-electron chi connectivity index (χ3n) is 11.8. The van der Waals surface area contributed by atoms with Gasteiger partial charge in [-0.15, -0.1) is 11.5 Å². The number of hydrogen-bond donors (Lipinski definition) is 0. The van der Waals surface area contributed by atoms with Gasteiger partial charge in [-0.3, -0.25) is 0 Å². The van der Waals surface area contributed by atoms with Crippen LogP contribution in [0.5, 0.6) is 11.5 Å². The monoisotopic (exact) mass is 771 g/mol. The molecular formula is C51H86CaO2. The summed E-state index contributed by atoms with van der Waals surface area (Å²) in [7, 11) is 0. The molecule has 2 aromatic rings. The van der Waals surface area contributed by atoms with Crippen molar-refractivity contribution in [3.8, 4) is 11.5 Å². The third-order valence-corrected chi connectivity index (χ3v) is 11.8. The Hall–Kier alpha value is -0.700. The van der Waals surface area contributed by atoms with Crippen molar-refractivity contribution < 1.29 is 10.2 Å². The van der Waals surface area contributed by atoms with E-state index in [1.165, 1.54) is 229 Å². The first kappa shape index (κ1) is 51.3. The van der Waals surface area contributed by atoms with Crippen molar-refractivity contribution in [2.24, 2.45) is 0 Å². The average Bonchev–Trinajstić information content (AvgIpc) is 3.16. The predicted octanol–water partition coefficient (Wildman–Crippen LogP) is 15.4. The average molecular weight is 771 g/mol. The van der Waals surface area contributed by atoms with Gasteiger partial charge in [0.1, 0.15) is 0 Å². The zero-order valence-electron chi connectivity index (χ0n) is 36.2. The van der Waals surface area contributed by atoms with Crippen LogP contribution in [0.3, 0.4) is 0 Å². The van der Waals surface area contributed by atoms with Gasteiger partial charge >= 0.3 is 37.7 Å². The summed E-state index contributed by atoms with van der Waals surface area (Å²) >= 11 is 0. The van der Waals surface area contributed by atoms with Crippen LogP contribution >= 0.6 is 0 Å². The van der Waals surface area contributed by atoms with Crippen LogP contribution < -0.4 is 10.2 Å². The van der Waals surface area contributed by atoms with Gasteiger partial charge in [-0.05, 0) is 43.2 Å². The molecule has 304 valence electrons. The maximum Gasteiger partial charge on any atom is 2.00 e. The number of benzene rings is 2. The first-order chi connectivity index (χ1) is 26.1. The Morgan fingerprint density at radius 2 is 0.537 bits per heavy atom. The molecule has 0 saturated heterocycles. The Balaban J connectivity index is 0.0000146. The van der Waals surface area contributed by atoms with E-state index in [0.717, 1.165) is 24.0 Å². The first-order valence-corrected chi connectivity index (χ1v) is 23.7. The molecule has 0 atom stereocenters. The molecule has 0 N–H and O–H groups in total. The molecule has 0 fully saturated rings. The molecule has 0 spiro atoms. The zero-order chi connectivity index (χ0) is 37.9. The van der Waals surface area contributed by atoms with Crippen LogP contribution in [-0.2, 0) is 19.3 Å². The van der Waals surface area contributed by atoms with Gasteiger partial charge in [-0.2, -0.15) is 0 Å². The molecule has 2 nitrogen and oxygen atoms in total. The predicted molar refractivity (Wildman–Crippen MR) is 236 cm³/mol. The topological polar surface area (TPSA) is 46.1 Å². The summed E-state index contributed by atoms with van der Waals surface area (Å²) < 4.78 is 0. The van der Waals surface area contributed by atoms with Crippen molar-refractivity contribution in [1.82, 2.24) is 0 Å². The summed E-state index contributed by atoms with van der Waals surface area (Å²) in [5, 5.41) is 25.5. The van der Waals surface area contributed by atoms with Crippen LogP contribution in [0.15, 0.2) is 36.4 Å². The normalized spacial score (nSPS) is 11.3. The maximum absolute atomic E-state index is 12.7. The Kier molecular flexibility index (Phi) is 36.0. The van der Waals surface area contributed by atoms with Crippen LogP contribution in [0.25, 0.3) is 0 Å². The van der Waals surface area contributed by atoms with Crippen LogP contribution in [0, 0.1) is 0 Å². The molecule has 0 heterocycles. The van der Waals surface area contributed by atoms with Gasteiger partial charge in [0.25, 0.3) is 0 Å². The van der Waals surface area contributed by atoms with Gasteiger partial charge in [-0.25, -0.2) is 0 Å². The number of unbranched alkanes of at least 4 members (excludes halogenated alkanes) is 32. The minimum Gasteiger partial charge on any atom is -0.872 e. The van der Waals surface area contributed by atoms with Gasteiger partial charge in [0.2, 0.25) is 0 Å². The molecule has 0 bridgehead atoms. The molecule has 0 unspecified atom stereocenters. The molecule has 2 rings (SSSR count). The quantitative estimate of drug-likeness (QED) is 0.0504. The molecule has 0 amide bonds. The Bertz CT molecular complexity index is 1010. The van der Waals surface area contributed by atoms with Gasteiger partial charge in [0, 0.05) is 0 Å². The van der Waals surface area contributed by atoms with E-state index in [1.807, 2.05) is 12.1 Å². The second-order valence-corrected chi connectivity index (χ2v) is 16.9. The smallest absolute Gasteiger partial charge is 0.872 e. The molecular weight excluding hydrogens is 685 g/mol. The minimum atomic E-state index is 0. The summed E-state index contributed by atoms with van der Waals surface area (Å²) in [5.74, 6) is 0.128. The SMILES string of the molecule is CCCCCCCCCCCCCCCCCCCc1ccc([O-])c(Cc2cc(CCCCCCCCCCCCCCCCCCC)ccc2[O-])c1.[Ca+2]. The summed E-state index contributed by atoms with van der Waals surface area (Å²) in [6, 6.07) is 11.6. The summed E-state index contributed by atoms with van der Waals surface area (Å²) in [5.41, 5.74) is 4.04. The van der Waals surface area contributed by atoms with Crippen LogP contribution in [-0.4, -0.2) is 37.7 Å². The number of rotatable bonds is 38. The standard InChI is InChI=1S/C51H88O2.Ca/c1-3-5-7-9-11-13-15-17-19-21-23-25-27-29-31-33-35-37-46-39-41-50(52)48(43-46)45-49-44-47(40-42-51(49)53)38-36-34-32-30-28-26-24-22-20-18-16-14-12-10-8-6-4-2;/h39-44,52-53H,3-38,45H2,1-2H3;/q;+2/p-2. The number of aryl methyl sites for hydroxylation is 2. The molecule has 0 aromatic heterocycles. The van der Waals surface area contributed by atoms with Crippen LogP contribution in [0.4, 0.5) is 0 Å². The van der Waals surface area contributed by atoms with Crippen molar-refractivity contribution in [2.45, 2.75) is 251 Å².